The number of aromatic carboxylic acids is 1. The average molecular weight is 345 g/mol. The van der Waals surface area contributed by atoms with Crippen molar-refractivity contribution in [3.05, 3.63) is 35.5 Å². The summed E-state index contributed by atoms with van der Waals surface area (Å²) >= 11 is 0. The Kier molecular flexibility index (Phi) is 5.35. The standard InChI is InChI=1S/C18H23N3O4/c1-20-15-5-3-2-4-13(15)14(17(20)18(23)24)12-16(22)19-6-7-21-8-10-25-11-9-21/h2-5H,6-12H2,1H3,(H,19,22)(H,23,24). The molecule has 1 amide bonds. The molecular formula is C18H23N3O4. The Morgan fingerprint density at radius 3 is 2.72 bits per heavy atom. The van der Waals surface area contributed by atoms with Crippen molar-refractivity contribution >= 4 is 22.8 Å². The number of para-hydroxylation sites is 1. The number of carboxylic acids is 1. The molecular weight excluding hydrogens is 322 g/mol. The number of nitrogens with zero attached hydrogens (tertiary/aromatic N) is 1. The molecule has 1 aromatic heterocycles. The molecule has 7 heteroatoms. The molecule has 7 nitrogen and oxygen atoms in total. The smallest absolute Gasteiger partial charge is 0.224 e. The van der Waals surface area contributed by atoms with Crippen LogP contribution in [-0.2, 0) is 23.0 Å². The van der Waals surface area contributed by atoms with Crippen molar-refractivity contribution < 1.29 is 24.3 Å². The lowest BCUT2D eigenvalue weighted by molar-refractivity contribution is -0.906. The quantitative estimate of drug-likeness (QED) is 0.641. The number of carbonyl (C=O) groups is 2. The molecule has 0 unspecified atom stereocenters. The molecule has 25 heavy (non-hydrogen) atoms. The van der Waals surface area contributed by atoms with Crippen LogP contribution in [0.4, 0.5) is 0 Å². The predicted octanol–water partition coefficient (Wildman–Crippen LogP) is -1.88. The minimum Gasteiger partial charge on any atom is -0.543 e. The molecule has 1 saturated heterocycles. The molecule has 1 aliphatic heterocycles. The lowest BCUT2D eigenvalue weighted by Gasteiger charge is -2.23. The molecule has 0 atom stereocenters. The van der Waals surface area contributed by atoms with Gasteiger partial charge in [-0.15, -0.1) is 0 Å². The van der Waals surface area contributed by atoms with Gasteiger partial charge in [0, 0.05) is 18.0 Å². The Hall–Kier alpha value is -2.38. The van der Waals surface area contributed by atoms with E-state index < -0.39 is 5.97 Å². The summed E-state index contributed by atoms with van der Waals surface area (Å²) in [4.78, 5) is 25.3. The van der Waals surface area contributed by atoms with Gasteiger partial charge in [0.05, 0.1) is 44.4 Å². The van der Waals surface area contributed by atoms with Gasteiger partial charge >= 0.3 is 0 Å². The fraction of sp³-hybridized carbons (Fsp3) is 0.444. The second-order valence-corrected chi connectivity index (χ2v) is 6.33. The van der Waals surface area contributed by atoms with Crippen LogP contribution in [-0.4, -0.2) is 55.8 Å². The monoisotopic (exact) mass is 345 g/mol. The molecule has 0 aliphatic carbocycles. The highest BCUT2D eigenvalue weighted by molar-refractivity contribution is 5.99. The number of morpholine rings is 1. The van der Waals surface area contributed by atoms with Gasteiger partial charge < -0.3 is 29.4 Å². The van der Waals surface area contributed by atoms with Gasteiger partial charge in [0.15, 0.2) is 0 Å². The van der Waals surface area contributed by atoms with E-state index in [1.54, 1.807) is 11.6 Å². The zero-order chi connectivity index (χ0) is 17.8. The molecule has 1 fully saturated rings. The van der Waals surface area contributed by atoms with Crippen LogP contribution < -0.4 is 15.3 Å². The Morgan fingerprint density at radius 1 is 1.28 bits per heavy atom. The van der Waals surface area contributed by atoms with E-state index in [1.165, 1.54) is 4.90 Å². The maximum absolute atomic E-state index is 12.3. The number of carbonyl (C=O) groups excluding carboxylic acids is 2. The predicted molar refractivity (Wildman–Crippen MR) is 90.3 cm³/mol. The van der Waals surface area contributed by atoms with E-state index in [0.29, 0.717) is 12.1 Å². The first-order valence-corrected chi connectivity index (χ1v) is 8.53. The zero-order valence-electron chi connectivity index (χ0n) is 14.3. The van der Waals surface area contributed by atoms with Gasteiger partial charge in [-0.3, -0.25) is 4.79 Å². The number of amides is 1. The number of rotatable bonds is 6. The lowest BCUT2D eigenvalue weighted by atomic mass is 10.1. The molecule has 1 aromatic carbocycles. The zero-order valence-corrected chi connectivity index (χ0v) is 14.3. The topological polar surface area (TPSA) is 87.8 Å². The van der Waals surface area contributed by atoms with E-state index in [2.05, 4.69) is 5.32 Å². The fourth-order valence-electron chi connectivity index (χ4n) is 3.42. The molecule has 1 aliphatic rings. The minimum absolute atomic E-state index is 0.0309. The second kappa shape index (κ2) is 7.67. The highest BCUT2D eigenvalue weighted by Gasteiger charge is 2.19. The summed E-state index contributed by atoms with van der Waals surface area (Å²) in [5.74, 6) is -1.44. The molecule has 0 bridgehead atoms. The summed E-state index contributed by atoms with van der Waals surface area (Å²) in [6.45, 7) is 4.84. The van der Waals surface area contributed by atoms with E-state index >= 15 is 0 Å². The Morgan fingerprint density at radius 2 is 2.00 bits per heavy atom. The van der Waals surface area contributed by atoms with Gasteiger partial charge in [0.2, 0.25) is 5.91 Å². The van der Waals surface area contributed by atoms with Crippen molar-refractivity contribution in [2.75, 3.05) is 39.4 Å². The third-order valence-electron chi connectivity index (χ3n) is 4.74. The normalized spacial score (nSPS) is 15.4. The number of quaternary nitrogens is 1. The highest BCUT2D eigenvalue weighted by Crippen LogP contribution is 2.25. The van der Waals surface area contributed by atoms with Gasteiger partial charge in [-0.05, 0) is 11.6 Å². The second-order valence-electron chi connectivity index (χ2n) is 6.33. The number of hydrogen-bond donors (Lipinski definition) is 2. The van der Waals surface area contributed by atoms with Crippen molar-refractivity contribution in [2.45, 2.75) is 6.42 Å². The van der Waals surface area contributed by atoms with E-state index in [1.807, 2.05) is 24.3 Å². The first-order chi connectivity index (χ1) is 12.1. The molecule has 134 valence electrons. The number of ether oxygens (including phenoxy) is 1. The van der Waals surface area contributed by atoms with E-state index in [9.17, 15) is 14.7 Å². The van der Waals surface area contributed by atoms with Gasteiger partial charge in [-0.25, -0.2) is 0 Å². The summed E-state index contributed by atoms with van der Waals surface area (Å²) in [7, 11) is 1.68. The molecule has 2 N–H and O–H groups in total. The maximum Gasteiger partial charge on any atom is 0.224 e. The fourth-order valence-corrected chi connectivity index (χ4v) is 3.42. The maximum atomic E-state index is 12.3. The van der Waals surface area contributed by atoms with Crippen molar-refractivity contribution in [2.24, 2.45) is 7.05 Å². The van der Waals surface area contributed by atoms with Crippen LogP contribution in [0.5, 0.6) is 0 Å². The largest absolute Gasteiger partial charge is 0.543 e. The van der Waals surface area contributed by atoms with Crippen molar-refractivity contribution in [1.29, 1.82) is 0 Å². The van der Waals surface area contributed by atoms with Crippen LogP contribution in [0.1, 0.15) is 16.1 Å². The number of aromatic nitrogens is 1. The molecule has 0 spiro atoms. The highest BCUT2D eigenvalue weighted by atomic mass is 16.5. The van der Waals surface area contributed by atoms with Gasteiger partial charge in [0.1, 0.15) is 13.1 Å². The van der Waals surface area contributed by atoms with Crippen LogP contribution in [0.3, 0.4) is 0 Å². The lowest BCUT2D eigenvalue weighted by Crippen LogP contribution is -3.14. The summed E-state index contributed by atoms with van der Waals surface area (Å²) in [6, 6.07) is 7.36. The number of carboxylic acid groups (broad SMARTS) is 1. The number of fused-ring (bicyclic) bond motifs is 1. The van der Waals surface area contributed by atoms with Gasteiger partial charge in [-0.2, -0.15) is 0 Å². The van der Waals surface area contributed by atoms with Crippen LogP contribution in [0, 0.1) is 0 Å². The molecule has 0 radical (unpaired) electrons. The molecule has 2 heterocycles. The Balaban J connectivity index is 1.68. The van der Waals surface area contributed by atoms with Gasteiger partial charge in [-0.1, -0.05) is 18.2 Å². The summed E-state index contributed by atoms with van der Waals surface area (Å²) in [5.41, 5.74) is 1.35. The average Bonchev–Trinajstić information content (AvgIpc) is 2.88. The van der Waals surface area contributed by atoms with Crippen molar-refractivity contribution in [1.82, 2.24) is 9.88 Å². The SMILES string of the molecule is Cn1c(C(=O)[O-])c(CC(=O)NCC[NH+]2CCOCC2)c2ccccc21. The summed E-state index contributed by atoms with van der Waals surface area (Å²) in [6.07, 6.45) is 0.0309. The minimum atomic E-state index is -1.26. The van der Waals surface area contributed by atoms with Gasteiger partial charge in [0.25, 0.3) is 0 Å². The third kappa shape index (κ3) is 3.83. The third-order valence-corrected chi connectivity index (χ3v) is 4.74. The van der Waals surface area contributed by atoms with E-state index in [0.717, 1.165) is 43.8 Å². The van der Waals surface area contributed by atoms with Crippen LogP contribution >= 0.6 is 0 Å². The number of aryl methyl sites for hydroxylation is 1. The number of nitrogens with one attached hydrogen (secondary N) is 2. The van der Waals surface area contributed by atoms with Crippen molar-refractivity contribution in [3.63, 3.8) is 0 Å². The van der Waals surface area contributed by atoms with Crippen molar-refractivity contribution in [3.8, 4) is 0 Å². The molecule has 0 saturated carbocycles. The molecule has 2 aromatic rings. The van der Waals surface area contributed by atoms with Crippen LogP contribution in [0.25, 0.3) is 10.9 Å². The van der Waals surface area contributed by atoms with Crippen LogP contribution in [0.15, 0.2) is 24.3 Å². The Bertz CT molecular complexity index is 778. The molecule has 3 rings (SSSR count). The van der Waals surface area contributed by atoms with Crippen LogP contribution in [0.2, 0.25) is 0 Å². The Labute approximate surface area is 146 Å². The number of benzene rings is 1. The first kappa shape index (κ1) is 17.4. The van der Waals surface area contributed by atoms with E-state index in [-0.39, 0.29) is 18.0 Å². The summed E-state index contributed by atoms with van der Waals surface area (Å²) < 4.78 is 6.89. The summed E-state index contributed by atoms with van der Waals surface area (Å²) in [5, 5.41) is 15.2. The van der Waals surface area contributed by atoms with E-state index in [4.69, 9.17) is 4.74 Å². The first-order valence-electron chi connectivity index (χ1n) is 8.53. The number of hydrogen-bond acceptors (Lipinski definition) is 4.